The molecule has 1 unspecified atom stereocenters. The lowest BCUT2D eigenvalue weighted by molar-refractivity contribution is 0.317. The van der Waals surface area contributed by atoms with Gasteiger partial charge in [0, 0.05) is 5.54 Å². The van der Waals surface area contributed by atoms with E-state index in [1.807, 2.05) is 0 Å². The first-order chi connectivity index (χ1) is 7.38. The molecule has 0 radical (unpaired) electrons. The zero-order chi connectivity index (χ0) is 12.2. The monoisotopic (exact) mass is 225 g/mol. The minimum absolute atomic E-state index is 0.000131. The lowest BCUT2D eigenvalue weighted by atomic mass is 9.85. The Morgan fingerprint density at radius 1 is 1.25 bits per heavy atom. The molecular weight excluding hydrogens is 198 g/mol. The highest BCUT2D eigenvalue weighted by Crippen LogP contribution is 2.27. The summed E-state index contributed by atoms with van der Waals surface area (Å²) >= 11 is 0. The van der Waals surface area contributed by atoms with Crippen molar-refractivity contribution in [3.05, 3.63) is 0 Å². The summed E-state index contributed by atoms with van der Waals surface area (Å²) in [6.45, 7) is 8.48. The maximum absolute atomic E-state index is 5.91. The van der Waals surface area contributed by atoms with Crippen LogP contribution < -0.4 is 11.1 Å². The number of aliphatic imine (C=N–C) groups is 1. The quantitative estimate of drug-likeness (QED) is 0.561. The van der Waals surface area contributed by atoms with Crippen molar-refractivity contribution < 1.29 is 0 Å². The Hall–Kier alpha value is -0.730. The first-order valence-electron chi connectivity index (χ1n) is 6.50. The Balaban J connectivity index is 2.47. The molecule has 0 bridgehead atoms. The Bertz CT molecular complexity index is 234. The van der Waals surface area contributed by atoms with Gasteiger partial charge in [0.25, 0.3) is 0 Å². The summed E-state index contributed by atoms with van der Waals surface area (Å²) in [4.78, 5) is 4.57. The van der Waals surface area contributed by atoms with Gasteiger partial charge < -0.3 is 11.1 Å². The van der Waals surface area contributed by atoms with Crippen molar-refractivity contribution in [2.45, 2.75) is 71.4 Å². The van der Waals surface area contributed by atoms with E-state index < -0.39 is 0 Å². The Labute approximate surface area is 99.9 Å². The molecule has 0 aliphatic heterocycles. The van der Waals surface area contributed by atoms with Gasteiger partial charge in [0.2, 0.25) is 0 Å². The zero-order valence-electron chi connectivity index (χ0n) is 11.2. The van der Waals surface area contributed by atoms with Crippen LogP contribution in [0.4, 0.5) is 0 Å². The fourth-order valence-corrected chi connectivity index (χ4v) is 2.36. The smallest absolute Gasteiger partial charge is 0.189 e. The summed E-state index contributed by atoms with van der Waals surface area (Å²) in [6.07, 6.45) is 6.73. The van der Waals surface area contributed by atoms with Gasteiger partial charge in [-0.05, 0) is 46.5 Å². The molecule has 0 amide bonds. The van der Waals surface area contributed by atoms with Crippen molar-refractivity contribution in [1.29, 1.82) is 0 Å². The van der Waals surface area contributed by atoms with Crippen LogP contribution in [0.2, 0.25) is 0 Å². The van der Waals surface area contributed by atoms with E-state index in [1.54, 1.807) is 0 Å². The van der Waals surface area contributed by atoms with Crippen molar-refractivity contribution in [1.82, 2.24) is 5.32 Å². The molecule has 0 aromatic heterocycles. The van der Waals surface area contributed by atoms with Crippen molar-refractivity contribution in [2.24, 2.45) is 16.6 Å². The fourth-order valence-electron chi connectivity index (χ4n) is 2.36. The maximum Gasteiger partial charge on any atom is 0.189 e. The van der Waals surface area contributed by atoms with Crippen LogP contribution in [0.1, 0.15) is 59.8 Å². The SMILES string of the molecule is CC(N=C(N)NC(C)(C)C)C1CCCCC1. The number of nitrogens with two attached hydrogens (primary N) is 1. The van der Waals surface area contributed by atoms with E-state index in [9.17, 15) is 0 Å². The van der Waals surface area contributed by atoms with Gasteiger partial charge in [-0.2, -0.15) is 0 Å². The molecule has 94 valence electrons. The van der Waals surface area contributed by atoms with Crippen LogP contribution in [-0.2, 0) is 0 Å². The number of nitrogens with zero attached hydrogens (tertiary/aromatic N) is 1. The third-order valence-electron chi connectivity index (χ3n) is 3.18. The molecule has 0 spiro atoms. The number of hydrogen-bond acceptors (Lipinski definition) is 1. The van der Waals surface area contributed by atoms with Crippen LogP contribution in [0.25, 0.3) is 0 Å². The molecule has 3 N–H and O–H groups in total. The van der Waals surface area contributed by atoms with Crippen molar-refractivity contribution in [3.63, 3.8) is 0 Å². The maximum atomic E-state index is 5.91. The van der Waals surface area contributed by atoms with E-state index in [2.05, 4.69) is 38.0 Å². The van der Waals surface area contributed by atoms with Gasteiger partial charge in [0.05, 0.1) is 6.04 Å². The molecule has 1 rings (SSSR count). The van der Waals surface area contributed by atoms with Gasteiger partial charge in [-0.3, -0.25) is 4.99 Å². The van der Waals surface area contributed by atoms with E-state index in [1.165, 1.54) is 32.1 Å². The molecule has 0 heterocycles. The summed E-state index contributed by atoms with van der Waals surface area (Å²) in [5, 5.41) is 3.22. The van der Waals surface area contributed by atoms with Crippen LogP contribution in [0.5, 0.6) is 0 Å². The summed E-state index contributed by atoms with van der Waals surface area (Å²) < 4.78 is 0. The first kappa shape index (κ1) is 13.3. The third kappa shape index (κ3) is 4.86. The summed E-state index contributed by atoms with van der Waals surface area (Å²) in [5.74, 6) is 1.32. The summed E-state index contributed by atoms with van der Waals surface area (Å²) in [6, 6.07) is 0.357. The predicted molar refractivity (Wildman–Crippen MR) is 70.5 cm³/mol. The summed E-state index contributed by atoms with van der Waals surface area (Å²) in [5.41, 5.74) is 5.91. The minimum atomic E-state index is -0.000131. The lowest BCUT2D eigenvalue weighted by Gasteiger charge is -2.27. The number of nitrogens with one attached hydrogen (secondary N) is 1. The molecule has 1 saturated carbocycles. The predicted octanol–water partition coefficient (Wildman–Crippen LogP) is 2.66. The van der Waals surface area contributed by atoms with Crippen LogP contribution in [0.15, 0.2) is 4.99 Å². The molecule has 0 saturated heterocycles. The van der Waals surface area contributed by atoms with Crippen molar-refractivity contribution >= 4 is 5.96 Å². The van der Waals surface area contributed by atoms with Gasteiger partial charge in [-0.1, -0.05) is 19.3 Å². The van der Waals surface area contributed by atoms with Gasteiger partial charge in [0.15, 0.2) is 5.96 Å². The molecular formula is C13H27N3. The second-order valence-electron chi connectivity index (χ2n) is 6.03. The van der Waals surface area contributed by atoms with Crippen LogP contribution in [0, 0.1) is 5.92 Å². The second-order valence-corrected chi connectivity index (χ2v) is 6.03. The average molecular weight is 225 g/mol. The lowest BCUT2D eigenvalue weighted by Crippen LogP contribution is -2.45. The average Bonchev–Trinajstić information content (AvgIpc) is 2.16. The molecule has 1 atom stereocenters. The molecule has 3 heteroatoms. The van der Waals surface area contributed by atoms with E-state index >= 15 is 0 Å². The molecule has 16 heavy (non-hydrogen) atoms. The van der Waals surface area contributed by atoms with Crippen molar-refractivity contribution in [3.8, 4) is 0 Å². The molecule has 1 aliphatic rings. The molecule has 0 aromatic rings. The highest BCUT2D eigenvalue weighted by Gasteiger charge is 2.20. The third-order valence-corrected chi connectivity index (χ3v) is 3.18. The minimum Gasteiger partial charge on any atom is -0.370 e. The molecule has 1 fully saturated rings. The van der Waals surface area contributed by atoms with Crippen LogP contribution >= 0.6 is 0 Å². The van der Waals surface area contributed by atoms with E-state index in [-0.39, 0.29) is 5.54 Å². The zero-order valence-corrected chi connectivity index (χ0v) is 11.2. The largest absolute Gasteiger partial charge is 0.370 e. The molecule has 1 aliphatic carbocycles. The van der Waals surface area contributed by atoms with E-state index in [0.29, 0.717) is 12.0 Å². The first-order valence-corrected chi connectivity index (χ1v) is 6.50. The van der Waals surface area contributed by atoms with Gasteiger partial charge in [0.1, 0.15) is 0 Å². The van der Waals surface area contributed by atoms with E-state index in [4.69, 9.17) is 5.73 Å². The normalized spacial score (nSPS) is 21.9. The number of guanidine groups is 1. The highest BCUT2D eigenvalue weighted by atomic mass is 15.1. The standard InChI is InChI=1S/C13H27N3/c1-10(11-8-6-5-7-9-11)15-12(14)16-13(2,3)4/h10-11H,5-9H2,1-4H3,(H3,14,15,16). The van der Waals surface area contributed by atoms with Crippen LogP contribution in [0.3, 0.4) is 0 Å². The fraction of sp³-hybridized carbons (Fsp3) is 0.923. The highest BCUT2D eigenvalue weighted by molar-refractivity contribution is 5.78. The number of hydrogen-bond donors (Lipinski definition) is 2. The van der Waals surface area contributed by atoms with Gasteiger partial charge >= 0.3 is 0 Å². The Morgan fingerprint density at radius 2 is 1.81 bits per heavy atom. The Kier molecular flexibility index (Phi) is 4.63. The second kappa shape index (κ2) is 5.55. The Morgan fingerprint density at radius 3 is 2.31 bits per heavy atom. The summed E-state index contributed by atoms with van der Waals surface area (Å²) in [7, 11) is 0. The molecule has 3 nitrogen and oxygen atoms in total. The van der Waals surface area contributed by atoms with Crippen molar-refractivity contribution in [2.75, 3.05) is 0 Å². The van der Waals surface area contributed by atoms with Gasteiger partial charge in [-0.25, -0.2) is 0 Å². The number of rotatable bonds is 2. The van der Waals surface area contributed by atoms with E-state index in [0.717, 1.165) is 5.92 Å². The van der Waals surface area contributed by atoms with Gasteiger partial charge in [-0.15, -0.1) is 0 Å². The van der Waals surface area contributed by atoms with Crippen LogP contribution in [-0.4, -0.2) is 17.5 Å². The molecule has 0 aromatic carbocycles. The topological polar surface area (TPSA) is 50.4 Å².